The molecule has 1 fully saturated rings. The molecule has 2 N–H and O–H groups in total. The molecular formula is C20H27F6NO2. The highest BCUT2D eigenvalue weighted by Crippen LogP contribution is 2.39. The van der Waals surface area contributed by atoms with E-state index in [1.54, 1.807) is 0 Å². The zero-order valence-electron chi connectivity index (χ0n) is 16.4. The van der Waals surface area contributed by atoms with E-state index in [0.29, 0.717) is 36.7 Å². The normalized spacial score (nSPS) is 24.6. The van der Waals surface area contributed by atoms with Crippen molar-refractivity contribution in [3.63, 3.8) is 0 Å². The van der Waals surface area contributed by atoms with E-state index in [0.717, 1.165) is 12.8 Å². The highest BCUT2D eigenvalue weighted by atomic mass is 19.4. The molecule has 1 aliphatic rings. The lowest BCUT2D eigenvalue weighted by Gasteiger charge is -2.44. The van der Waals surface area contributed by atoms with Crippen LogP contribution in [0.1, 0.15) is 45.1 Å². The van der Waals surface area contributed by atoms with E-state index in [2.05, 4.69) is 23.9 Å². The van der Waals surface area contributed by atoms with Crippen LogP contribution in [0.3, 0.4) is 0 Å². The summed E-state index contributed by atoms with van der Waals surface area (Å²) in [5.74, 6) is 0.318. The molecule has 166 valence electrons. The van der Waals surface area contributed by atoms with Crippen LogP contribution in [0, 0.1) is 11.8 Å². The Morgan fingerprint density at radius 3 is 2.28 bits per heavy atom. The third kappa shape index (κ3) is 7.37. The van der Waals surface area contributed by atoms with Gasteiger partial charge in [-0.05, 0) is 48.8 Å². The molecule has 0 aromatic heterocycles. The summed E-state index contributed by atoms with van der Waals surface area (Å²) >= 11 is 0. The summed E-state index contributed by atoms with van der Waals surface area (Å²) in [7, 11) is 0. The van der Waals surface area contributed by atoms with Gasteiger partial charge >= 0.3 is 12.5 Å². The maximum absolute atomic E-state index is 12.7. The van der Waals surface area contributed by atoms with E-state index in [4.69, 9.17) is 0 Å². The monoisotopic (exact) mass is 427 g/mol. The molecule has 0 amide bonds. The summed E-state index contributed by atoms with van der Waals surface area (Å²) < 4.78 is 79.1. The third-order valence-electron chi connectivity index (χ3n) is 5.57. The number of nitrogens with one attached hydrogen (secondary N) is 1. The Labute approximate surface area is 166 Å². The van der Waals surface area contributed by atoms with E-state index < -0.39 is 30.7 Å². The number of rotatable bonds is 7. The van der Waals surface area contributed by atoms with Gasteiger partial charge in [0.1, 0.15) is 5.75 Å². The molecule has 3 nitrogen and oxygen atoms in total. The summed E-state index contributed by atoms with van der Waals surface area (Å²) in [5, 5.41) is 12.4. The summed E-state index contributed by atoms with van der Waals surface area (Å²) in [6.07, 6.45) is -8.55. The lowest BCUT2D eigenvalue weighted by molar-refractivity contribution is -0.274. The Balaban J connectivity index is 2.16. The molecule has 3 unspecified atom stereocenters. The number of β-amino-alcohol motifs (C(OH)–C–C–N with tert-alkyl or cyclic N) is 1. The van der Waals surface area contributed by atoms with E-state index >= 15 is 0 Å². The summed E-state index contributed by atoms with van der Waals surface area (Å²) in [6.45, 7) is 3.51. The van der Waals surface area contributed by atoms with Crippen molar-refractivity contribution in [2.45, 2.75) is 70.1 Å². The van der Waals surface area contributed by atoms with Crippen LogP contribution in [-0.2, 0) is 6.42 Å². The number of aliphatic hydroxyl groups excluding tert-OH is 1. The van der Waals surface area contributed by atoms with Gasteiger partial charge in [-0.25, -0.2) is 0 Å². The first-order chi connectivity index (χ1) is 13.3. The van der Waals surface area contributed by atoms with Gasteiger partial charge in [-0.3, -0.25) is 0 Å². The number of hydrogen-bond donors (Lipinski definition) is 2. The predicted octanol–water partition coefficient (Wildman–Crippen LogP) is 5.23. The first kappa shape index (κ1) is 23.8. The molecule has 0 radical (unpaired) electrons. The van der Waals surface area contributed by atoms with Crippen molar-refractivity contribution >= 4 is 0 Å². The lowest BCUT2D eigenvalue weighted by Crippen LogP contribution is -2.54. The topological polar surface area (TPSA) is 41.5 Å². The number of hydrogen-bond acceptors (Lipinski definition) is 3. The van der Waals surface area contributed by atoms with E-state index in [1.807, 2.05) is 0 Å². The largest absolute Gasteiger partial charge is 0.573 e. The third-order valence-corrected chi connectivity index (χ3v) is 5.57. The van der Waals surface area contributed by atoms with Crippen molar-refractivity contribution in [3.8, 4) is 5.75 Å². The Bertz CT molecular complexity index is 644. The summed E-state index contributed by atoms with van der Waals surface area (Å²) in [6, 6.07) is 5.38. The van der Waals surface area contributed by atoms with Gasteiger partial charge in [0.2, 0.25) is 0 Å². The zero-order valence-corrected chi connectivity index (χ0v) is 16.4. The Hall–Kier alpha value is -1.48. The van der Waals surface area contributed by atoms with Crippen LogP contribution in [0.5, 0.6) is 5.75 Å². The molecule has 1 aromatic rings. The van der Waals surface area contributed by atoms with Crippen LogP contribution in [-0.4, -0.2) is 35.8 Å². The van der Waals surface area contributed by atoms with Gasteiger partial charge in [-0.2, -0.15) is 13.2 Å². The first-order valence-corrected chi connectivity index (χ1v) is 9.64. The van der Waals surface area contributed by atoms with Crippen LogP contribution in [0.2, 0.25) is 0 Å². The smallest absolute Gasteiger partial charge is 0.406 e. The quantitative estimate of drug-likeness (QED) is 0.586. The SMILES string of the molecule is CC(C)C1CCCC(Cc2ccc(OC(F)(F)F)cc2)(NCC(O)C(F)(F)F)C1. The minimum atomic E-state index is -4.79. The van der Waals surface area contributed by atoms with E-state index in [1.165, 1.54) is 24.3 Å². The number of aliphatic hydroxyl groups is 1. The fourth-order valence-electron chi connectivity index (χ4n) is 3.99. The highest BCUT2D eigenvalue weighted by Gasteiger charge is 2.42. The molecule has 29 heavy (non-hydrogen) atoms. The lowest BCUT2D eigenvalue weighted by atomic mass is 9.69. The van der Waals surface area contributed by atoms with Gasteiger partial charge in [-0.1, -0.05) is 38.8 Å². The predicted molar refractivity (Wildman–Crippen MR) is 96.4 cm³/mol. The molecule has 9 heteroatoms. The van der Waals surface area contributed by atoms with Crippen molar-refractivity contribution in [1.29, 1.82) is 0 Å². The fourth-order valence-corrected chi connectivity index (χ4v) is 3.99. The minimum absolute atomic E-state index is 0.312. The Morgan fingerprint density at radius 2 is 1.76 bits per heavy atom. The van der Waals surface area contributed by atoms with Crippen LogP contribution in [0.4, 0.5) is 26.3 Å². The van der Waals surface area contributed by atoms with E-state index in [9.17, 15) is 31.4 Å². The van der Waals surface area contributed by atoms with Crippen LogP contribution in [0.15, 0.2) is 24.3 Å². The van der Waals surface area contributed by atoms with Gasteiger partial charge in [0.15, 0.2) is 6.10 Å². The fraction of sp³-hybridized carbons (Fsp3) is 0.700. The number of benzene rings is 1. The number of halogens is 6. The molecule has 0 bridgehead atoms. The van der Waals surface area contributed by atoms with Crippen LogP contribution < -0.4 is 10.1 Å². The highest BCUT2D eigenvalue weighted by molar-refractivity contribution is 5.29. The van der Waals surface area contributed by atoms with Crippen LogP contribution in [0.25, 0.3) is 0 Å². The molecule has 0 spiro atoms. The Kier molecular flexibility index (Phi) is 7.48. The molecule has 1 saturated carbocycles. The molecule has 3 atom stereocenters. The van der Waals surface area contributed by atoms with Crippen molar-refractivity contribution < 1.29 is 36.2 Å². The molecule has 2 rings (SSSR count). The second-order valence-electron chi connectivity index (χ2n) is 8.19. The molecule has 0 saturated heterocycles. The second kappa shape index (κ2) is 9.12. The second-order valence-corrected chi connectivity index (χ2v) is 8.19. The molecule has 0 heterocycles. The maximum Gasteiger partial charge on any atom is 0.573 e. The average Bonchev–Trinajstić information content (AvgIpc) is 2.59. The van der Waals surface area contributed by atoms with Crippen molar-refractivity contribution in [2.75, 3.05) is 6.54 Å². The molecule has 0 aliphatic heterocycles. The summed E-state index contributed by atoms with van der Waals surface area (Å²) in [5.41, 5.74) is 0.0316. The molecule has 1 aromatic carbocycles. The van der Waals surface area contributed by atoms with Crippen LogP contribution >= 0.6 is 0 Å². The van der Waals surface area contributed by atoms with Gasteiger partial charge < -0.3 is 15.2 Å². The van der Waals surface area contributed by atoms with Gasteiger partial charge in [0, 0.05) is 12.1 Å². The van der Waals surface area contributed by atoms with Gasteiger partial charge in [0.25, 0.3) is 0 Å². The minimum Gasteiger partial charge on any atom is -0.406 e. The van der Waals surface area contributed by atoms with Gasteiger partial charge in [0.05, 0.1) is 0 Å². The number of ether oxygens (including phenoxy) is 1. The van der Waals surface area contributed by atoms with E-state index in [-0.39, 0.29) is 5.75 Å². The summed E-state index contributed by atoms with van der Waals surface area (Å²) in [4.78, 5) is 0. The van der Waals surface area contributed by atoms with Crippen molar-refractivity contribution in [1.82, 2.24) is 5.32 Å². The first-order valence-electron chi connectivity index (χ1n) is 9.64. The molecular weight excluding hydrogens is 400 g/mol. The average molecular weight is 427 g/mol. The van der Waals surface area contributed by atoms with Crippen molar-refractivity contribution in [3.05, 3.63) is 29.8 Å². The molecule has 1 aliphatic carbocycles. The standard InChI is InChI=1S/C20H27F6NO2/c1-13(2)15-4-3-9-18(11-15,27-12-17(28)19(21,22)23)10-14-5-7-16(8-6-14)29-20(24,25)26/h5-8,13,15,17,27-28H,3-4,9-12H2,1-2H3. The maximum atomic E-state index is 12.7. The zero-order chi connectivity index (χ0) is 21.9. The van der Waals surface area contributed by atoms with Crippen molar-refractivity contribution in [2.24, 2.45) is 11.8 Å². The Morgan fingerprint density at radius 1 is 1.14 bits per heavy atom. The number of alkyl halides is 6. The van der Waals surface area contributed by atoms with Gasteiger partial charge in [-0.15, -0.1) is 13.2 Å².